The van der Waals surface area contributed by atoms with Crippen LogP contribution >= 0.6 is 0 Å². The molecule has 1 heterocycles. The van der Waals surface area contributed by atoms with Crippen LogP contribution in [0.2, 0.25) is 0 Å². The van der Waals surface area contributed by atoms with Gasteiger partial charge in [-0.15, -0.1) is 0 Å². The molecular formula is C35H58O6. The molecule has 0 spiro atoms. The SMILES string of the molecule is CC[C@H](/C=C/[C@@H](C)C1CCC2C3CC=C4C[C@@H](OC5O[C@H](CO)[C@@H](O)[C@H](O)[C@H]5O)CC[C@]4(C)C3CC[C@@]21C)C(C)C. The third-order valence-electron chi connectivity index (χ3n) is 12.9. The standard InChI is InChI=1S/C35H58O6/c1-7-22(20(2)3)9-8-21(4)26-12-13-27-25-11-10-23-18-24(14-16-34(23,5)28(25)15-17-35(26,27)6)40-33-32(39)31(38)30(37)29(19-36)41-33/h8-10,20-22,24-33,36-39H,7,11-19H2,1-6H3/b9-8+/t21-,22-,24+,25?,26?,27?,28?,29-,30-,31+,32-,33?,34+,35-/m1/s1. The number of ether oxygens (including phenoxy) is 2. The smallest absolute Gasteiger partial charge is 0.186 e. The second-order valence-corrected chi connectivity index (χ2v) is 15.2. The summed E-state index contributed by atoms with van der Waals surface area (Å²) in [5.74, 6) is 5.05. The number of hydrogen-bond donors (Lipinski definition) is 4. The van der Waals surface area contributed by atoms with Crippen molar-refractivity contribution >= 4 is 0 Å². The number of allylic oxidation sites excluding steroid dienone is 3. The van der Waals surface area contributed by atoms with Crippen LogP contribution in [0.15, 0.2) is 23.8 Å². The Bertz CT molecular complexity index is 960. The van der Waals surface area contributed by atoms with Gasteiger partial charge in [0.05, 0.1) is 12.7 Å². The Kier molecular flexibility index (Phi) is 9.51. The minimum atomic E-state index is -1.40. The normalized spacial score (nSPS) is 47.9. The zero-order chi connectivity index (χ0) is 29.7. The molecule has 4 aliphatic carbocycles. The molecule has 6 heteroatoms. The summed E-state index contributed by atoms with van der Waals surface area (Å²) in [6, 6.07) is 0. The van der Waals surface area contributed by atoms with E-state index in [0.29, 0.717) is 29.1 Å². The van der Waals surface area contributed by atoms with Crippen LogP contribution in [0.4, 0.5) is 0 Å². The first-order valence-corrected chi connectivity index (χ1v) is 16.8. The van der Waals surface area contributed by atoms with Gasteiger partial charge in [-0.25, -0.2) is 0 Å². The monoisotopic (exact) mass is 574 g/mol. The molecule has 4 fully saturated rings. The summed E-state index contributed by atoms with van der Waals surface area (Å²) < 4.78 is 11.9. The Hall–Kier alpha value is -0.760. The molecule has 0 aromatic heterocycles. The van der Waals surface area contributed by atoms with Gasteiger partial charge in [0.2, 0.25) is 0 Å². The third-order valence-corrected chi connectivity index (χ3v) is 12.9. The molecule has 0 aromatic rings. The molecule has 5 unspecified atom stereocenters. The molecule has 0 amide bonds. The highest BCUT2D eigenvalue weighted by Gasteiger charge is 2.59. The summed E-state index contributed by atoms with van der Waals surface area (Å²) in [6.45, 7) is 14.2. The fourth-order valence-electron chi connectivity index (χ4n) is 10.3. The third kappa shape index (κ3) is 5.64. The van der Waals surface area contributed by atoms with E-state index in [0.717, 1.165) is 43.4 Å². The highest BCUT2D eigenvalue weighted by Crippen LogP contribution is 2.67. The molecule has 234 valence electrons. The van der Waals surface area contributed by atoms with Crippen molar-refractivity contribution in [3.63, 3.8) is 0 Å². The zero-order valence-electron chi connectivity index (χ0n) is 26.4. The first-order valence-electron chi connectivity index (χ1n) is 16.8. The predicted octanol–water partition coefficient (Wildman–Crippen LogP) is 5.63. The van der Waals surface area contributed by atoms with Crippen LogP contribution in [0.1, 0.15) is 99.3 Å². The highest BCUT2D eigenvalue weighted by atomic mass is 16.7. The molecule has 5 aliphatic rings. The molecule has 4 N–H and O–H groups in total. The van der Waals surface area contributed by atoms with E-state index in [-0.39, 0.29) is 11.5 Å². The van der Waals surface area contributed by atoms with Crippen LogP contribution in [0.3, 0.4) is 0 Å². The van der Waals surface area contributed by atoms with Crippen LogP contribution in [-0.2, 0) is 9.47 Å². The lowest BCUT2D eigenvalue weighted by Crippen LogP contribution is -2.60. The quantitative estimate of drug-likeness (QED) is 0.281. The molecule has 0 aromatic carbocycles. The van der Waals surface area contributed by atoms with E-state index in [9.17, 15) is 20.4 Å². The summed E-state index contributed by atoms with van der Waals surface area (Å²) in [4.78, 5) is 0. The summed E-state index contributed by atoms with van der Waals surface area (Å²) >= 11 is 0. The maximum atomic E-state index is 10.5. The van der Waals surface area contributed by atoms with E-state index in [1.165, 1.54) is 37.7 Å². The van der Waals surface area contributed by atoms with Gasteiger partial charge < -0.3 is 29.9 Å². The van der Waals surface area contributed by atoms with Gasteiger partial charge in [-0.3, -0.25) is 0 Å². The van der Waals surface area contributed by atoms with Gasteiger partial charge in [0.15, 0.2) is 6.29 Å². The maximum absolute atomic E-state index is 10.5. The topological polar surface area (TPSA) is 99.4 Å². The minimum absolute atomic E-state index is 0.109. The van der Waals surface area contributed by atoms with Crippen LogP contribution in [0.5, 0.6) is 0 Å². The van der Waals surface area contributed by atoms with Crippen molar-refractivity contribution in [3.8, 4) is 0 Å². The molecule has 5 rings (SSSR count). The number of fused-ring (bicyclic) bond motifs is 5. The fraction of sp³-hybridized carbons (Fsp3) is 0.886. The Morgan fingerprint density at radius 1 is 0.976 bits per heavy atom. The summed E-state index contributed by atoms with van der Waals surface area (Å²) in [6.07, 6.45) is 11.9. The van der Waals surface area contributed by atoms with E-state index in [4.69, 9.17) is 9.47 Å². The predicted molar refractivity (Wildman–Crippen MR) is 161 cm³/mol. The van der Waals surface area contributed by atoms with Gasteiger partial charge >= 0.3 is 0 Å². The lowest BCUT2D eigenvalue weighted by molar-refractivity contribution is -0.313. The molecule has 1 saturated heterocycles. The summed E-state index contributed by atoms with van der Waals surface area (Å²) in [5, 5.41) is 40.4. The molecule has 6 nitrogen and oxygen atoms in total. The van der Waals surface area contributed by atoms with Gasteiger partial charge in [-0.1, -0.05) is 65.3 Å². The van der Waals surface area contributed by atoms with Crippen molar-refractivity contribution in [1.29, 1.82) is 0 Å². The van der Waals surface area contributed by atoms with Crippen molar-refractivity contribution < 1.29 is 29.9 Å². The second-order valence-electron chi connectivity index (χ2n) is 15.2. The van der Waals surface area contributed by atoms with Gasteiger partial charge in [0, 0.05) is 0 Å². The first-order chi connectivity index (χ1) is 19.4. The van der Waals surface area contributed by atoms with Crippen LogP contribution in [-0.4, -0.2) is 63.8 Å². The van der Waals surface area contributed by atoms with E-state index in [1.807, 2.05) is 0 Å². The molecule has 3 saturated carbocycles. The van der Waals surface area contributed by atoms with Crippen LogP contribution in [0.25, 0.3) is 0 Å². The summed E-state index contributed by atoms with van der Waals surface area (Å²) in [5.41, 5.74) is 2.11. The van der Waals surface area contributed by atoms with E-state index in [1.54, 1.807) is 0 Å². The highest BCUT2D eigenvalue weighted by molar-refractivity contribution is 5.25. The van der Waals surface area contributed by atoms with E-state index < -0.39 is 37.3 Å². The molecule has 14 atom stereocenters. The average Bonchev–Trinajstić information content (AvgIpc) is 3.30. The largest absolute Gasteiger partial charge is 0.394 e. The van der Waals surface area contributed by atoms with Gasteiger partial charge in [-0.2, -0.15) is 0 Å². The molecule has 0 bridgehead atoms. The molecule has 0 radical (unpaired) electrons. The van der Waals surface area contributed by atoms with Crippen molar-refractivity contribution in [2.24, 2.45) is 52.3 Å². The van der Waals surface area contributed by atoms with E-state index >= 15 is 0 Å². The van der Waals surface area contributed by atoms with Crippen LogP contribution < -0.4 is 0 Å². The molecule has 1 aliphatic heterocycles. The van der Waals surface area contributed by atoms with Crippen molar-refractivity contribution in [2.45, 2.75) is 136 Å². The van der Waals surface area contributed by atoms with E-state index in [2.05, 4.69) is 59.8 Å². The maximum Gasteiger partial charge on any atom is 0.186 e. The Morgan fingerprint density at radius 3 is 2.41 bits per heavy atom. The van der Waals surface area contributed by atoms with Crippen LogP contribution in [0, 0.1) is 52.3 Å². The number of aliphatic hydroxyl groups excluding tert-OH is 4. The van der Waals surface area contributed by atoms with Gasteiger partial charge in [-0.05, 0) is 110 Å². The number of aliphatic hydroxyl groups is 4. The molecule has 41 heavy (non-hydrogen) atoms. The lowest BCUT2D eigenvalue weighted by atomic mass is 9.47. The minimum Gasteiger partial charge on any atom is -0.394 e. The van der Waals surface area contributed by atoms with Crippen molar-refractivity contribution in [1.82, 2.24) is 0 Å². The fourth-order valence-corrected chi connectivity index (χ4v) is 10.3. The number of hydrogen-bond acceptors (Lipinski definition) is 6. The average molecular weight is 575 g/mol. The first kappa shape index (κ1) is 31.7. The molecular weight excluding hydrogens is 516 g/mol. The Balaban J connectivity index is 1.26. The second kappa shape index (κ2) is 12.3. The summed E-state index contributed by atoms with van der Waals surface area (Å²) in [7, 11) is 0. The Labute approximate surface area is 248 Å². The number of rotatable bonds is 8. The van der Waals surface area contributed by atoms with Gasteiger partial charge in [0.1, 0.15) is 24.4 Å². The van der Waals surface area contributed by atoms with Crippen molar-refractivity contribution in [3.05, 3.63) is 23.8 Å². The van der Waals surface area contributed by atoms with Crippen molar-refractivity contribution in [2.75, 3.05) is 6.61 Å². The lowest BCUT2D eigenvalue weighted by Gasteiger charge is -2.58. The van der Waals surface area contributed by atoms with Gasteiger partial charge in [0.25, 0.3) is 0 Å². The Morgan fingerprint density at radius 2 is 1.73 bits per heavy atom. The zero-order valence-corrected chi connectivity index (χ0v) is 26.4.